The summed E-state index contributed by atoms with van der Waals surface area (Å²) >= 11 is 0. The molecule has 0 aliphatic rings. The molecule has 0 spiro atoms. The maximum Gasteiger partial charge on any atom is 0.306 e. The number of methoxy groups -OCH3 is 1. The summed E-state index contributed by atoms with van der Waals surface area (Å²) in [5.74, 6) is -2.78. The normalized spacial score (nSPS) is 11.2. The Morgan fingerprint density at radius 1 is 0.322 bits per heavy atom. The maximum absolute atomic E-state index is 12.9. The summed E-state index contributed by atoms with van der Waals surface area (Å²) in [4.78, 5) is 75.4. The fraction of sp³-hybridized carbons (Fsp3) is 0.870. The van der Waals surface area contributed by atoms with E-state index in [4.69, 9.17) is 33.2 Å². The number of carbonyl (C=O) groups excluding carboxylic acids is 6. The average Bonchev–Trinajstić information content (AvgIpc) is 3.22. The molecule has 0 aliphatic carbocycles. The van der Waals surface area contributed by atoms with Gasteiger partial charge in [-0.05, 0) is 38.5 Å². The van der Waals surface area contributed by atoms with Crippen molar-refractivity contribution in [3.63, 3.8) is 0 Å². The van der Waals surface area contributed by atoms with Gasteiger partial charge in [-0.2, -0.15) is 0 Å². The zero-order valence-corrected chi connectivity index (χ0v) is 37.7. The van der Waals surface area contributed by atoms with Gasteiger partial charge in [0.05, 0.1) is 6.10 Å². The van der Waals surface area contributed by atoms with Gasteiger partial charge < -0.3 is 33.2 Å². The van der Waals surface area contributed by atoms with Crippen LogP contribution < -0.4 is 0 Å². The molecule has 0 fully saturated rings. The molecule has 0 saturated heterocycles. The maximum atomic E-state index is 12.9. The summed E-state index contributed by atoms with van der Waals surface area (Å²) in [5.41, 5.74) is 0. The van der Waals surface area contributed by atoms with Crippen LogP contribution in [0.15, 0.2) is 0 Å². The number of rotatable bonds is 41. The molecule has 0 aromatic heterocycles. The molecule has 0 atom stereocenters. The molecule has 0 aromatic rings. The van der Waals surface area contributed by atoms with Crippen LogP contribution in [-0.4, -0.2) is 87.7 Å². The van der Waals surface area contributed by atoms with Crippen LogP contribution in [0.1, 0.15) is 207 Å². The molecular formula is C46H82O13. The summed E-state index contributed by atoms with van der Waals surface area (Å²) in [6.45, 7) is 7.57. The molecule has 13 heteroatoms. The first kappa shape index (κ1) is 55.8. The van der Waals surface area contributed by atoms with E-state index in [9.17, 15) is 28.8 Å². The van der Waals surface area contributed by atoms with Gasteiger partial charge in [-0.3, -0.25) is 28.8 Å². The highest BCUT2D eigenvalue weighted by Crippen LogP contribution is 2.15. The minimum absolute atomic E-state index is 0.0633. The Hall–Kier alpha value is -3.22. The first-order valence-corrected chi connectivity index (χ1v) is 23.1. The van der Waals surface area contributed by atoms with Crippen molar-refractivity contribution in [1.29, 1.82) is 0 Å². The first-order chi connectivity index (χ1) is 28.6. The summed E-state index contributed by atoms with van der Waals surface area (Å²) < 4.78 is 38.3. The second-order valence-electron chi connectivity index (χ2n) is 15.5. The van der Waals surface area contributed by atoms with E-state index in [2.05, 4.69) is 27.7 Å². The lowest BCUT2D eigenvalue weighted by molar-refractivity contribution is -0.167. The summed E-state index contributed by atoms with van der Waals surface area (Å²) in [7, 11) is 1.47. The minimum atomic E-state index is -0.964. The standard InChI is InChI=1S/C46H82O13/c1-6-10-14-18-22-26-41(47)54-34-39(35-55-42(48)27-23-19-15-11-7-2)58-45(51)32-30-38(53-5)31-33-46(52)59-40(36-56-43(49)28-24-20-16-12-8-3)37-57-44(50)29-25-21-17-13-9-4/h38-40H,6-37H2,1-5H3. The highest BCUT2D eigenvalue weighted by Gasteiger charge is 2.23. The molecule has 344 valence electrons. The molecule has 13 nitrogen and oxygen atoms in total. The van der Waals surface area contributed by atoms with Gasteiger partial charge in [-0.25, -0.2) is 0 Å². The zero-order chi connectivity index (χ0) is 43.8. The van der Waals surface area contributed by atoms with Gasteiger partial charge in [0.2, 0.25) is 0 Å². The van der Waals surface area contributed by atoms with E-state index in [0.717, 1.165) is 103 Å². The smallest absolute Gasteiger partial charge is 0.306 e. The third kappa shape index (κ3) is 36.4. The van der Waals surface area contributed by atoms with Crippen LogP contribution in [0, 0.1) is 0 Å². The Morgan fingerprint density at radius 3 is 0.814 bits per heavy atom. The van der Waals surface area contributed by atoms with Gasteiger partial charge in [0.25, 0.3) is 0 Å². The van der Waals surface area contributed by atoms with Crippen LogP contribution in [-0.2, 0) is 61.9 Å². The van der Waals surface area contributed by atoms with E-state index in [-0.39, 0.29) is 77.8 Å². The van der Waals surface area contributed by atoms with Crippen molar-refractivity contribution in [2.24, 2.45) is 0 Å². The lowest BCUT2D eigenvalue weighted by atomic mass is 10.1. The molecule has 0 N–H and O–H groups in total. The first-order valence-electron chi connectivity index (χ1n) is 23.1. The van der Waals surface area contributed by atoms with Gasteiger partial charge >= 0.3 is 35.8 Å². The highest BCUT2D eigenvalue weighted by molar-refractivity contribution is 5.72. The van der Waals surface area contributed by atoms with Gasteiger partial charge in [0.15, 0.2) is 12.2 Å². The van der Waals surface area contributed by atoms with E-state index in [0.29, 0.717) is 25.7 Å². The Bertz CT molecular complexity index is 953. The Morgan fingerprint density at radius 2 is 0.576 bits per heavy atom. The van der Waals surface area contributed by atoms with Gasteiger partial charge in [0, 0.05) is 45.6 Å². The largest absolute Gasteiger partial charge is 0.462 e. The monoisotopic (exact) mass is 843 g/mol. The quantitative estimate of drug-likeness (QED) is 0.0324. The minimum Gasteiger partial charge on any atom is -0.462 e. The molecule has 0 radical (unpaired) electrons. The van der Waals surface area contributed by atoms with Gasteiger partial charge in [0.1, 0.15) is 26.4 Å². The van der Waals surface area contributed by atoms with E-state index in [1.165, 1.54) is 7.11 Å². The van der Waals surface area contributed by atoms with Crippen LogP contribution >= 0.6 is 0 Å². The molecule has 0 amide bonds. The lowest BCUT2D eigenvalue weighted by Crippen LogP contribution is -2.31. The Labute approximate surface area is 356 Å². The highest BCUT2D eigenvalue weighted by atomic mass is 16.6. The second kappa shape index (κ2) is 40.2. The van der Waals surface area contributed by atoms with Crippen LogP contribution in [0.2, 0.25) is 0 Å². The predicted octanol–water partition coefficient (Wildman–Crippen LogP) is 10.0. The van der Waals surface area contributed by atoms with Crippen LogP contribution in [0.5, 0.6) is 0 Å². The van der Waals surface area contributed by atoms with Crippen molar-refractivity contribution >= 4 is 35.8 Å². The molecule has 0 bridgehead atoms. The van der Waals surface area contributed by atoms with Crippen LogP contribution in [0.3, 0.4) is 0 Å². The Balaban J connectivity index is 5.12. The third-order valence-corrected chi connectivity index (χ3v) is 9.93. The predicted molar refractivity (Wildman–Crippen MR) is 226 cm³/mol. The Kier molecular flexibility index (Phi) is 38.0. The summed E-state index contributed by atoms with van der Waals surface area (Å²) in [6.07, 6.45) is 18.6. The number of carbonyl (C=O) groups is 6. The van der Waals surface area contributed by atoms with Crippen LogP contribution in [0.4, 0.5) is 0 Å². The average molecular weight is 843 g/mol. The number of hydrogen-bond donors (Lipinski definition) is 0. The van der Waals surface area contributed by atoms with Gasteiger partial charge in [-0.1, -0.05) is 130 Å². The fourth-order valence-electron chi connectivity index (χ4n) is 6.18. The van der Waals surface area contributed by atoms with Gasteiger partial charge in [-0.15, -0.1) is 0 Å². The van der Waals surface area contributed by atoms with Crippen LogP contribution in [0.25, 0.3) is 0 Å². The van der Waals surface area contributed by atoms with E-state index in [1.807, 2.05) is 0 Å². The topological polar surface area (TPSA) is 167 Å². The van der Waals surface area contributed by atoms with Crippen molar-refractivity contribution in [2.45, 2.75) is 226 Å². The lowest BCUT2D eigenvalue weighted by Gasteiger charge is -2.20. The number of ether oxygens (including phenoxy) is 7. The molecular weight excluding hydrogens is 760 g/mol. The van der Waals surface area contributed by atoms with Crippen molar-refractivity contribution < 1.29 is 61.9 Å². The molecule has 0 rings (SSSR count). The molecule has 0 heterocycles. The van der Waals surface area contributed by atoms with E-state index >= 15 is 0 Å². The van der Waals surface area contributed by atoms with Crippen molar-refractivity contribution in [3.05, 3.63) is 0 Å². The summed E-state index contributed by atoms with van der Waals surface area (Å²) in [5, 5.41) is 0. The second-order valence-corrected chi connectivity index (χ2v) is 15.5. The fourth-order valence-corrected chi connectivity index (χ4v) is 6.18. The molecule has 0 aromatic carbocycles. The van der Waals surface area contributed by atoms with Crippen molar-refractivity contribution in [1.82, 2.24) is 0 Å². The van der Waals surface area contributed by atoms with Crippen molar-refractivity contribution in [2.75, 3.05) is 33.5 Å². The molecule has 0 aliphatic heterocycles. The number of esters is 6. The SMILES string of the molecule is CCCCCCCC(=O)OCC(COC(=O)CCCCCCC)OC(=O)CCC(CCC(=O)OC(COC(=O)CCCCCCC)COC(=O)CCCCCCC)OC. The molecule has 0 saturated carbocycles. The zero-order valence-electron chi connectivity index (χ0n) is 37.7. The number of unbranched alkanes of at least 4 members (excludes halogenated alkanes) is 16. The van der Waals surface area contributed by atoms with E-state index < -0.39 is 54.1 Å². The number of hydrogen-bond acceptors (Lipinski definition) is 13. The van der Waals surface area contributed by atoms with E-state index in [1.54, 1.807) is 0 Å². The molecule has 0 unspecified atom stereocenters. The van der Waals surface area contributed by atoms with Crippen molar-refractivity contribution in [3.8, 4) is 0 Å². The summed E-state index contributed by atoms with van der Waals surface area (Å²) in [6, 6.07) is 0. The third-order valence-electron chi connectivity index (χ3n) is 9.93. The molecule has 59 heavy (non-hydrogen) atoms.